The minimum atomic E-state index is -1.83. The van der Waals surface area contributed by atoms with E-state index in [1.807, 2.05) is 44.2 Å². The number of epoxide rings is 1. The van der Waals surface area contributed by atoms with E-state index in [1.54, 1.807) is 19.1 Å². The first-order chi connectivity index (χ1) is 17.9. The number of nitrogens with one attached hydrogen (secondary N) is 1. The molecule has 2 aliphatic heterocycles. The van der Waals surface area contributed by atoms with Crippen LogP contribution in [-0.4, -0.2) is 58.5 Å². The van der Waals surface area contributed by atoms with Crippen molar-refractivity contribution in [2.45, 2.75) is 77.4 Å². The van der Waals surface area contributed by atoms with Gasteiger partial charge in [0.15, 0.2) is 5.78 Å². The Morgan fingerprint density at radius 3 is 2.50 bits per heavy atom. The fraction of sp³-hybridized carbons (Fsp3) is 0.600. The van der Waals surface area contributed by atoms with Crippen LogP contribution in [0.1, 0.15) is 46.6 Å². The molecule has 2 N–H and O–H groups in total. The number of fused-ring (bicyclic) bond motifs is 1. The monoisotopic (exact) mass is 523 g/mol. The maximum Gasteiger partial charge on any atom is 0.303 e. The molecule has 1 aromatic carbocycles. The first-order valence-corrected chi connectivity index (χ1v) is 13.6. The zero-order chi connectivity index (χ0) is 27.6. The number of ether oxygens (including phenoxy) is 2. The molecule has 0 radical (unpaired) electrons. The molecule has 8 heteroatoms. The minimum absolute atomic E-state index is 0.0974. The van der Waals surface area contributed by atoms with Gasteiger partial charge in [-0.1, -0.05) is 63.3 Å². The van der Waals surface area contributed by atoms with Crippen molar-refractivity contribution in [1.29, 1.82) is 0 Å². The molecule has 38 heavy (non-hydrogen) atoms. The third-order valence-electron chi connectivity index (χ3n) is 9.52. The van der Waals surface area contributed by atoms with Gasteiger partial charge in [-0.2, -0.15) is 0 Å². The molecule has 1 amide bonds. The predicted molar refractivity (Wildman–Crippen MR) is 138 cm³/mol. The topological polar surface area (TPSA) is 122 Å². The Morgan fingerprint density at radius 2 is 1.84 bits per heavy atom. The van der Waals surface area contributed by atoms with Crippen LogP contribution in [0.2, 0.25) is 0 Å². The van der Waals surface area contributed by atoms with Gasteiger partial charge in [0.2, 0.25) is 5.91 Å². The number of amides is 1. The highest BCUT2D eigenvalue weighted by Crippen LogP contribution is 2.60. The van der Waals surface area contributed by atoms with Crippen LogP contribution in [0.15, 0.2) is 42.5 Å². The summed E-state index contributed by atoms with van der Waals surface area (Å²) in [5.41, 5.74) is -2.24. The first-order valence-electron chi connectivity index (χ1n) is 13.6. The van der Waals surface area contributed by atoms with Gasteiger partial charge in [-0.3, -0.25) is 19.2 Å². The van der Waals surface area contributed by atoms with Gasteiger partial charge in [0.05, 0.1) is 5.92 Å². The molecule has 0 unspecified atom stereocenters. The van der Waals surface area contributed by atoms with Gasteiger partial charge in [-0.05, 0) is 31.2 Å². The highest BCUT2D eigenvalue weighted by molar-refractivity contribution is 5.98. The van der Waals surface area contributed by atoms with Crippen LogP contribution >= 0.6 is 0 Å². The van der Waals surface area contributed by atoms with E-state index in [9.17, 15) is 24.3 Å². The molecule has 1 saturated carbocycles. The summed E-state index contributed by atoms with van der Waals surface area (Å²) in [7, 11) is 0. The number of carbonyl (C=O) groups is 4. The Morgan fingerprint density at radius 1 is 1.16 bits per heavy atom. The van der Waals surface area contributed by atoms with E-state index in [2.05, 4.69) is 5.32 Å². The predicted octanol–water partition coefficient (Wildman–Crippen LogP) is 2.42. The lowest BCUT2D eigenvalue weighted by atomic mass is 9.50. The van der Waals surface area contributed by atoms with E-state index in [0.717, 1.165) is 5.56 Å². The number of rotatable bonds is 3. The fourth-order valence-electron chi connectivity index (χ4n) is 7.49. The average Bonchev–Trinajstić information content (AvgIpc) is 3.62. The first kappa shape index (κ1) is 26.8. The zero-order valence-electron chi connectivity index (χ0n) is 22.5. The molecule has 204 valence electrons. The van der Waals surface area contributed by atoms with E-state index >= 15 is 0 Å². The number of esters is 1. The number of ketones is 2. The number of benzene rings is 1. The van der Waals surface area contributed by atoms with Crippen molar-refractivity contribution in [2.75, 3.05) is 0 Å². The van der Waals surface area contributed by atoms with Gasteiger partial charge in [0.1, 0.15) is 35.1 Å². The largest absolute Gasteiger partial charge is 0.458 e. The molecule has 2 heterocycles. The van der Waals surface area contributed by atoms with Gasteiger partial charge in [0.25, 0.3) is 0 Å². The van der Waals surface area contributed by atoms with E-state index < -0.39 is 47.1 Å². The van der Waals surface area contributed by atoms with E-state index in [1.165, 1.54) is 13.8 Å². The van der Waals surface area contributed by atoms with Crippen molar-refractivity contribution in [3.05, 3.63) is 48.0 Å². The quantitative estimate of drug-likeness (QED) is 0.354. The second-order valence-corrected chi connectivity index (χ2v) is 11.9. The second kappa shape index (κ2) is 9.42. The number of allylic oxidation sites excluding steroid dienone is 2. The van der Waals surface area contributed by atoms with Crippen LogP contribution in [0.25, 0.3) is 0 Å². The molecule has 1 spiro atoms. The summed E-state index contributed by atoms with van der Waals surface area (Å²) in [5.74, 6) is -3.78. The number of hydrogen-bond acceptors (Lipinski definition) is 7. The van der Waals surface area contributed by atoms with E-state index in [0.29, 0.717) is 12.8 Å². The molecule has 3 fully saturated rings. The summed E-state index contributed by atoms with van der Waals surface area (Å²) in [4.78, 5) is 53.9. The van der Waals surface area contributed by atoms with Crippen molar-refractivity contribution in [1.82, 2.24) is 5.32 Å². The molecule has 5 rings (SSSR count). The summed E-state index contributed by atoms with van der Waals surface area (Å²) in [6.07, 6.45) is 1.34. The molecule has 11 atom stereocenters. The number of Topliss-reactive ketones (excluding diaryl/α,β-unsaturated/α-hetero) is 2. The average molecular weight is 524 g/mol. The van der Waals surface area contributed by atoms with Crippen LogP contribution < -0.4 is 5.32 Å². The summed E-state index contributed by atoms with van der Waals surface area (Å²) in [6, 6.07) is 9.52. The molecule has 2 aliphatic carbocycles. The molecule has 2 saturated heterocycles. The Balaban J connectivity index is 1.70. The molecule has 0 aromatic heterocycles. The van der Waals surface area contributed by atoms with Crippen molar-refractivity contribution in [2.24, 2.45) is 35.0 Å². The Hall–Kier alpha value is -2.84. The highest BCUT2D eigenvalue weighted by Gasteiger charge is 2.75. The Labute approximate surface area is 223 Å². The van der Waals surface area contributed by atoms with Crippen molar-refractivity contribution in [3.63, 3.8) is 0 Å². The van der Waals surface area contributed by atoms with E-state index in [4.69, 9.17) is 9.47 Å². The van der Waals surface area contributed by atoms with Gasteiger partial charge in [-0.15, -0.1) is 0 Å². The van der Waals surface area contributed by atoms with Crippen LogP contribution in [0, 0.1) is 35.0 Å². The fourth-order valence-corrected chi connectivity index (χ4v) is 7.49. The van der Waals surface area contributed by atoms with Crippen molar-refractivity contribution >= 4 is 23.4 Å². The van der Waals surface area contributed by atoms with Crippen LogP contribution in [-0.2, 0) is 35.1 Å². The van der Waals surface area contributed by atoms with Gasteiger partial charge >= 0.3 is 5.97 Å². The summed E-state index contributed by atoms with van der Waals surface area (Å²) in [6.45, 7) is 8.28. The van der Waals surface area contributed by atoms with Gasteiger partial charge in [0, 0.05) is 30.7 Å². The standard InChI is InChI=1S/C30H37NO7/c1-15-10-9-13-20-23(33)17(3)16(2)22-21(14-19-11-7-6-8-12-19)31-28(35)30(20,22)27(37-18(4)32)24-26(38-24)29(5,36)25(15)34/h6-9,11-13,15-17,20-22,24,26-27,36H,10,14H2,1-5H3,(H,31,35)/b13-9-/t15-,16+,17+,20-,21-,22-,24+,26+,27+,29-,30-/m0/s1. The van der Waals surface area contributed by atoms with Gasteiger partial charge in [-0.25, -0.2) is 0 Å². The Bertz CT molecular complexity index is 1180. The highest BCUT2D eigenvalue weighted by atomic mass is 16.6. The molecular weight excluding hydrogens is 486 g/mol. The zero-order valence-corrected chi connectivity index (χ0v) is 22.5. The summed E-state index contributed by atoms with van der Waals surface area (Å²) < 4.78 is 11.8. The second-order valence-electron chi connectivity index (χ2n) is 11.9. The van der Waals surface area contributed by atoms with Crippen molar-refractivity contribution in [3.8, 4) is 0 Å². The third kappa shape index (κ3) is 3.95. The lowest BCUT2D eigenvalue weighted by molar-refractivity contribution is -0.178. The molecule has 8 nitrogen and oxygen atoms in total. The van der Waals surface area contributed by atoms with Crippen LogP contribution in [0.4, 0.5) is 0 Å². The number of carbonyl (C=O) groups excluding carboxylic acids is 4. The minimum Gasteiger partial charge on any atom is -0.458 e. The molecular formula is C30H37NO7. The van der Waals surface area contributed by atoms with Crippen LogP contribution in [0.5, 0.6) is 0 Å². The third-order valence-corrected chi connectivity index (χ3v) is 9.52. The molecule has 1 aromatic rings. The maximum atomic E-state index is 14.3. The SMILES string of the molecule is CC(=O)O[C@@H]1[C@@H]2O[C@H]2[C@@](C)(O)C(=O)[C@@H](C)C/C=C\[C@H]2C(=O)[C@H](C)[C@@H](C)[C@H]3[C@H](Cc4ccccc4)NC(=O)[C@@]312. The van der Waals surface area contributed by atoms with Crippen LogP contribution in [0.3, 0.4) is 0 Å². The normalized spacial score (nSPS) is 45.1. The van der Waals surface area contributed by atoms with Crippen molar-refractivity contribution < 1.29 is 33.8 Å². The maximum absolute atomic E-state index is 14.3. The lowest BCUT2D eigenvalue weighted by Gasteiger charge is -2.51. The molecule has 4 aliphatic rings. The molecule has 0 bridgehead atoms. The smallest absolute Gasteiger partial charge is 0.303 e. The number of aliphatic hydroxyl groups is 1. The van der Waals surface area contributed by atoms with Gasteiger partial charge < -0.3 is 19.9 Å². The van der Waals surface area contributed by atoms with E-state index in [-0.39, 0.29) is 41.3 Å². The summed E-state index contributed by atoms with van der Waals surface area (Å²) >= 11 is 0. The summed E-state index contributed by atoms with van der Waals surface area (Å²) in [5, 5.41) is 14.5. The lowest BCUT2D eigenvalue weighted by Crippen LogP contribution is -2.63. The Kier molecular flexibility index (Phi) is 6.63. The number of hydrogen-bond donors (Lipinski definition) is 2.